The highest BCUT2D eigenvalue weighted by Crippen LogP contribution is 2.56. The van der Waals surface area contributed by atoms with Crippen molar-refractivity contribution in [2.45, 2.75) is 43.7 Å². The van der Waals surface area contributed by atoms with E-state index < -0.39 is 5.41 Å². The fourth-order valence-corrected chi connectivity index (χ4v) is 6.13. The average molecular weight is 391 g/mol. The molecule has 2 aromatic heterocycles. The van der Waals surface area contributed by atoms with Gasteiger partial charge < -0.3 is 19.2 Å². The van der Waals surface area contributed by atoms with Gasteiger partial charge in [0.1, 0.15) is 11.0 Å². The highest BCUT2D eigenvalue weighted by atomic mass is 16.3. The van der Waals surface area contributed by atoms with Crippen molar-refractivity contribution in [2.75, 3.05) is 19.6 Å². The molecule has 2 saturated heterocycles. The Morgan fingerprint density at radius 2 is 2.24 bits per heavy atom. The molecule has 6 nitrogen and oxygen atoms in total. The maximum atomic E-state index is 14.1. The maximum Gasteiger partial charge on any atom is 0.261 e. The monoisotopic (exact) mass is 391 g/mol. The molecule has 3 unspecified atom stereocenters. The van der Waals surface area contributed by atoms with Crippen LogP contribution in [-0.2, 0) is 16.8 Å². The van der Waals surface area contributed by atoms with Crippen molar-refractivity contribution in [1.82, 2.24) is 14.8 Å². The van der Waals surface area contributed by atoms with Crippen LogP contribution in [0.4, 0.5) is 0 Å². The van der Waals surface area contributed by atoms with E-state index in [0.29, 0.717) is 29.9 Å². The molecule has 0 saturated carbocycles. The molecule has 6 heteroatoms. The van der Waals surface area contributed by atoms with Gasteiger partial charge in [-0.25, -0.2) is 0 Å². The third kappa shape index (κ3) is 2.05. The standard InChI is InChI=1S/C23H25N3O3/c1-22-7-3-2-4-18(22)23(21(28)26(22)14-15-5-9-24-13-15)8-10-25-19(23)12-17-16(20(25)27)6-11-29-17/h2-4,6,11-12,15,24H,5,7-10,13-14H2,1H3. The van der Waals surface area contributed by atoms with E-state index in [9.17, 15) is 9.59 Å². The Balaban J connectivity index is 1.56. The number of fused-ring (bicyclic) bond motifs is 5. The Kier molecular flexibility index (Phi) is 3.41. The summed E-state index contributed by atoms with van der Waals surface area (Å²) >= 11 is 0. The average Bonchev–Trinajstić information content (AvgIpc) is 3.48. The van der Waals surface area contributed by atoms with E-state index in [4.69, 9.17) is 4.42 Å². The normalized spacial score (nSPS) is 33.0. The molecular weight excluding hydrogens is 366 g/mol. The highest BCUT2D eigenvalue weighted by molar-refractivity contribution is 5.98. The van der Waals surface area contributed by atoms with Crippen molar-refractivity contribution in [3.63, 3.8) is 0 Å². The zero-order chi connectivity index (χ0) is 19.8. The summed E-state index contributed by atoms with van der Waals surface area (Å²) in [6.45, 7) is 5.51. The van der Waals surface area contributed by atoms with Gasteiger partial charge >= 0.3 is 0 Å². The smallest absolute Gasteiger partial charge is 0.261 e. The lowest BCUT2D eigenvalue weighted by molar-refractivity contribution is -0.135. The molecule has 1 amide bonds. The summed E-state index contributed by atoms with van der Waals surface area (Å²) in [4.78, 5) is 29.3. The Bertz CT molecular complexity index is 1150. The quantitative estimate of drug-likeness (QED) is 0.853. The minimum Gasteiger partial charge on any atom is -0.464 e. The third-order valence-electron chi connectivity index (χ3n) is 7.64. The molecule has 1 spiro atoms. The lowest BCUT2D eigenvalue weighted by Gasteiger charge is -2.38. The van der Waals surface area contributed by atoms with E-state index in [0.717, 1.165) is 43.7 Å². The summed E-state index contributed by atoms with van der Waals surface area (Å²) in [6.07, 6.45) is 10.5. The van der Waals surface area contributed by atoms with Crippen LogP contribution in [-0.4, -0.2) is 40.5 Å². The molecule has 2 fully saturated rings. The van der Waals surface area contributed by atoms with Crippen LogP contribution in [0.25, 0.3) is 11.0 Å². The van der Waals surface area contributed by atoms with E-state index in [1.54, 1.807) is 16.9 Å². The van der Waals surface area contributed by atoms with E-state index in [-0.39, 0.29) is 17.0 Å². The molecule has 4 aliphatic rings. The number of pyridine rings is 1. The van der Waals surface area contributed by atoms with Gasteiger partial charge in [0.2, 0.25) is 5.91 Å². The first-order valence-electron chi connectivity index (χ1n) is 10.6. The molecule has 1 N–H and O–H groups in total. The molecule has 0 radical (unpaired) electrons. The van der Waals surface area contributed by atoms with Gasteiger partial charge in [-0.15, -0.1) is 0 Å². The molecule has 3 atom stereocenters. The molecule has 150 valence electrons. The van der Waals surface area contributed by atoms with Gasteiger partial charge in [-0.1, -0.05) is 18.2 Å². The summed E-state index contributed by atoms with van der Waals surface area (Å²) in [5.74, 6) is 0.632. The van der Waals surface area contributed by atoms with Crippen LogP contribution in [0.2, 0.25) is 0 Å². The molecule has 2 aromatic rings. The van der Waals surface area contributed by atoms with Crippen LogP contribution in [0.3, 0.4) is 0 Å². The van der Waals surface area contributed by atoms with Crippen LogP contribution in [0.15, 0.2) is 51.4 Å². The van der Waals surface area contributed by atoms with Gasteiger partial charge in [-0.3, -0.25) is 9.59 Å². The predicted octanol–water partition coefficient (Wildman–Crippen LogP) is 2.33. The second kappa shape index (κ2) is 5.72. The van der Waals surface area contributed by atoms with Gasteiger partial charge in [-0.05, 0) is 56.8 Å². The second-order valence-corrected chi connectivity index (χ2v) is 9.10. The lowest BCUT2D eigenvalue weighted by atomic mass is 9.70. The molecule has 5 heterocycles. The van der Waals surface area contributed by atoms with Crippen molar-refractivity contribution in [3.05, 3.63) is 58.2 Å². The van der Waals surface area contributed by atoms with Crippen LogP contribution in [0.1, 0.15) is 31.9 Å². The van der Waals surface area contributed by atoms with Gasteiger partial charge in [0.25, 0.3) is 5.56 Å². The number of carbonyl (C=O) groups is 1. The number of nitrogens with zero attached hydrogens (tertiary/aromatic N) is 2. The second-order valence-electron chi connectivity index (χ2n) is 9.10. The first-order valence-corrected chi connectivity index (χ1v) is 10.6. The zero-order valence-corrected chi connectivity index (χ0v) is 16.6. The molecule has 6 rings (SSSR count). The van der Waals surface area contributed by atoms with Crippen molar-refractivity contribution >= 4 is 16.9 Å². The number of allylic oxidation sites excluding steroid dienone is 2. The predicted molar refractivity (Wildman–Crippen MR) is 110 cm³/mol. The lowest BCUT2D eigenvalue weighted by Crippen LogP contribution is -2.47. The maximum absolute atomic E-state index is 14.1. The number of hydrogen-bond acceptors (Lipinski definition) is 4. The molecular formula is C23H25N3O3. The molecule has 29 heavy (non-hydrogen) atoms. The van der Waals surface area contributed by atoms with Crippen molar-refractivity contribution in [3.8, 4) is 0 Å². The van der Waals surface area contributed by atoms with Gasteiger partial charge in [0, 0.05) is 24.8 Å². The fraction of sp³-hybridized carbons (Fsp3) is 0.478. The van der Waals surface area contributed by atoms with Gasteiger partial charge in [0.15, 0.2) is 0 Å². The Labute approximate surface area is 168 Å². The van der Waals surface area contributed by atoms with E-state index >= 15 is 0 Å². The zero-order valence-electron chi connectivity index (χ0n) is 16.6. The summed E-state index contributed by atoms with van der Waals surface area (Å²) < 4.78 is 7.38. The first kappa shape index (κ1) is 17.3. The van der Waals surface area contributed by atoms with Gasteiger partial charge in [-0.2, -0.15) is 0 Å². The first-order chi connectivity index (χ1) is 14.1. The van der Waals surface area contributed by atoms with Crippen LogP contribution in [0.5, 0.6) is 0 Å². The van der Waals surface area contributed by atoms with Gasteiger partial charge in [0.05, 0.1) is 17.2 Å². The number of hydrogen-bond donors (Lipinski definition) is 1. The minimum atomic E-state index is -0.758. The largest absolute Gasteiger partial charge is 0.464 e. The van der Waals surface area contributed by atoms with Crippen LogP contribution >= 0.6 is 0 Å². The molecule has 1 aliphatic carbocycles. The van der Waals surface area contributed by atoms with Crippen LogP contribution < -0.4 is 10.9 Å². The molecule has 0 aromatic carbocycles. The fourth-order valence-electron chi connectivity index (χ4n) is 6.13. The number of aromatic nitrogens is 1. The SMILES string of the molecule is CC12CC=CC=C1C1(CCn3c1cc1occc1c3=O)C(=O)N2CC1CCNC1. The topological polar surface area (TPSA) is 67.5 Å². The number of likely N-dealkylation sites (tertiary alicyclic amines) is 1. The highest BCUT2D eigenvalue weighted by Gasteiger charge is 2.64. The summed E-state index contributed by atoms with van der Waals surface area (Å²) in [5, 5.41) is 4.01. The summed E-state index contributed by atoms with van der Waals surface area (Å²) in [5.41, 5.74) is 1.36. The Hall–Kier alpha value is -2.60. The Morgan fingerprint density at radius 1 is 1.34 bits per heavy atom. The van der Waals surface area contributed by atoms with Crippen molar-refractivity contribution in [2.24, 2.45) is 5.92 Å². The summed E-state index contributed by atoms with van der Waals surface area (Å²) in [6, 6.07) is 3.65. The van der Waals surface area contributed by atoms with E-state index in [1.165, 1.54) is 0 Å². The van der Waals surface area contributed by atoms with Crippen molar-refractivity contribution < 1.29 is 9.21 Å². The number of carbonyl (C=O) groups excluding carboxylic acids is 1. The third-order valence-corrected chi connectivity index (χ3v) is 7.64. The molecule has 3 aliphatic heterocycles. The number of amides is 1. The van der Waals surface area contributed by atoms with E-state index in [1.807, 2.05) is 6.07 Å². The van der Waals surface area contributed by atoms with Crippen LogP contribution in [0, 0.1) is 5.92 Å². The number of furan rings is 1. The Morgan fingerprint density at radius 3 is 3.07 bits per heavy atom. The van der Waals surface area contributed by atoms with Crippen molar-refractivity contribution in [1.29, 1.82) is 0 Å². The summed E-state index contributed by atoms with van der Waals surface area (Å²) in [7, 11) is 0. The number of nitrogens with one attached hydrogen (secondary N) is 1. The minimum absolute atomic E-state index is 0.0528. The number of rotatable bonds is 2. The van der Waals surface area contributed by atoms with E-state index in [2.05, 4.69) is 35.4 Å². The molecule has 0 bridgehead atoms.